The fraction of sp³-hybridized carbons (Fsp3) is 0.105. The lowest BCUT2D eigenvalue weighted by molar-refractivity contribution is 0.101. The predicted molar refractivity (Wildman–Crippen MR) is 100 cm³/mol. The number of rotatable bonds is 4. The molecule has 126 valence electrons. The monoisotopic (exact) mass is 370 g/mol. The molecule has 0 spiro atoms. The van der Waals surface area contributed by atoms with Gasteiger partial charge in [0.1, 0.15) is 5.69 Å². The van der Waals surface area contributed by atoms with Crippen LogP contribution >= 0.6 is 23.4 Å². The Morgan fingerprint density at radius 2 is 1.84 bits per heavy atom. The summed E-state index contributed by atoms with van der Waals surface area (Å²) >= 11 is 7.36. The topological polar surface area (TPSA) is 52.0 Å². The van der Waals surface area contributed by atoms with Gasteiger partial charge in [-0.3, -0.25) is 9.59 Å². The van der Waals surface area contributed by atoms with E-state index in [9.17, 15) is 9.59 Å². The molecule has 0 amide bonds. The first-order valence-corrected chi connectivity index (χ1v) is 8.80. The smallest absolute Gasteiger partial charge is 0.285 e. The van der Waals surface area contributed by atoms with Crippen LogP contribution in [0.5, 0.6) is 0 Å². The number of aromatic nitrogens is 2. The van der Waals surface area contributed by atoms with Crippen LogP contribution in [0.15, 0.2) is 69.2 Å². The quantitative estimate of drug-likeness (QED) is 0.632. The van der Waals surface area contributed by atoms with Gasteiger partial charge in [-0.1, -0.05) is 47.6 Å². The van der Waals surface area contributed by atoms with E-state index >= 15 is 0 Å². The average molecular weight is 371 g/mol. The van der Waals surface area contributed by atoms with Crippen molar-refractivity contribution in [3.8, 4) is 5.69 Å². The number of carbonyl (C=O) groups is 1. The minimum absolute atomic E-state index is 0.191. The van der Waals surface area contributed by atoms with Crippen molar-refractivity contribution in [3.63, 3.8) is 0 Å². The van der Waals surface area contributed by atoms with Crippen LogP contribution in [0.2, 0.25) is 5.02 Å². The van der Waals surface area contributed by atoms with Crippen molar-refractivity contribution in [2.75, 3.05) is 0 Å². The third-order valence-electron chi connectivity index (χ3n) is 3.63. The highest BCUT2D eigenvalue weighted by Crippen LogP contribution is 2.28. The Morgan fingerprint density at radius 3 is 2.48 bits per heavy atom. The van der Waals surface area contributed by atoms with E-state index in [0.29, 0.717) is 21.2 Å². The Hall–Kier alpha value is -2.37. The first kappa shape index (κ1) is 17.5. The van der Waals surface area contributed by atoms with Gasteiger partial charge in [0.15, 0.2) is 5.78 Å². The summed E-state index contributed by atoms with van der Waals surface area (Å²) in [4.78, 5) is 26.4. The van der Waals surface area contributed by atoms with Crippen molar-refractivity contribution >= 4 is 29.1 Å². The van der Waals surface area contributed by atoms with E-state index in [4.69, 9.17) is 11.6 Å². The highest BCUT2D eigenvalue weighted by atomic mass is 35.5. The Bertz CT molecular complexity index is 1000. The summed E-state index contributed by atoms with van der Waals surface area (Å²) in [5.41, 5.74) is 1.11. The van der Waals surface area contributed by atoms with Crippen LogP contribution in [0.4, 0.5) is 0 Å². The van der Waals surface area contributed by atoms with Crippen LogP contribution < -0.4 is 5.56 Å². The fourth-order valence-corrected chi connectivity index (χ4v) is 3.57. The molecule has 0 aliphatic carbocycles. The molecule has 1 heterocycles. The SMILES string of the molecule is CC(=O)c1nn(-c2cccc(Cl)c2)c(=O)c(Sc2ccccc2)c1C. The third kappa shape index (κ3) is 3.67. The Morgan fingerprint density at radius 1 is 1.12 bits per heavy atom. The fourth-order valence-electron chi connectivity index (χ4n) is 2.43. The summed E-state index contributed by atoms with van der Waals surface area (Å²) in [5, 5.41) is 4.76. The molecule has 0 unspecified atom stereocenters. The lowest BCUT2D eigenvalue weighted by atomic mass is 10.2. The van der Waals surface area contributed by atoms with Gasteiger partial charge < -0.3 is 0 Å². The second kappa shape index (κ2) is 7.25. The molecule has 0 radical (unpaired) electrons. The molecular weight excluding hydrogens is 356 g/mol. The zero-order chi connectivity index (χ0) is 18.0. The maximum atomic E-state index is 13.0. The zero-order valence-corrected chi connectivity index (χ0v) is 15.3. The summed E-state index contributed by atoms with van der Waals surface area (Å²) in [6.07, 6.45) is 0. The van der Waals surface area contributed by atoms with Crippen molar-refractivity contribution in [3.05, 3.63) is 81.2 Å². The molecule has 0 saturated heterocycles. The van der Waals surface area contributed by atoms with E-state index in [1.807, 2.05) is 30.3 Å². The van der Waals surface area contributed by atoms with Gasteiger partial charge in [0, 0.05) is 16.8 Å². The molecule has 1 aromatic heterocycles. The van der Waals surface area contributed by atoms with Gasteiger partial charge in [-0.15, -0.1) is 0 Å². The molecule has 0 atom stereocenters. The van der Waals surface area contributed by atoms with Crippen LogP contribution in [0.25, 0.3) is 5.69 Å². The lowest BCUT2D eigenvalue weighted by Gasteiger charge is -2.13. The summed E-state index contributed by atoms with van der Waals surface area (Å²) < 4.78 is 1.24. The van der Waals surface area contributed by atoms with Crippen molar-refractivity contribution < 1.29 is 4.79 Å². The number of hydrogen-bond donors (Lipinski definition) is 0. The zero-order valence-electron chi connectivity index (χ0n) is 13.7. The van der Waals surface area contributed by atoms with E-state index in [2.05, 4.69) is 5.10 Å². The predicted octanol–water partition coefficient (Wildman–Crippen LogP) is 4.55. The number of Topliss-reactive ketones (excluding diaryl/α,β-unsaturated/α-hetero) is 1. The largest absolute Gasteiger partial charge is 0.293 e. The van der Waals surface area contributed by atoms with E-state index in [1.165, 1.54) is 23.4 Å². The first-order chi connectivity index (χ1) is 12.0. The van der Waals surface area contributed by atoms with E-state index in [-0.39, 0.29) is 17.0 Å². The van der Waals surface area contributed by atoms with Crippen molar-refractivity contribution in [2.45, 2.75) is 23.6 Å². The molecule has 0 aliphatic heterocycles. The van der Waals surface area contributed by atoms with E-state index in [0.717, 1.165) is 4.90 Å². The molecule has 6 heteroatoms. The number of carbonyl (C=O) groups excluding carboxylic acids is 1. The van der Waals surface area contributed by atoms with Crippen LogP contribution in [-0.4, -0.2) is 15.6 Å². The van der Waals surface area contributed by atoms with Gasteiger partial charge in [-0.25, -0.2) is 0 Å². The van der Waals surface area contributed by atoms with E-state index < -0.39 is 0 Å². The number of hydrogen-bond acceptors (Lipinski definition) is 4. The molecule has 3 aromatic rings. The molecule has 0 fully saturated rings. The second-order valence-corrected chi connectivity index (χ2v) is 6.99. The molecule has 0 bridgehead atoms. The Kier molecular flexibility index (Phi) is 5.06. The standard InChI is InChI=1S/C19H15ClN2O2S/c1-12-17(13(2)23)21-22(15-8-6-7-14(20)11-15)19(24)18(12)25-16-9-4-3-5-10-16/h3-11H,1-2H3. The molecule has 0 aliphatic rings. The van der Waals surface area contributed by atoms with Gasteiger partial charge in [0.25, 0.3) is 5.56 Å². The minimum Gasteiger partial charge on any atom is -0.293 e. The Labute approximate surface area is 154 Å². The molecule has 2 aromatic carbocycles. The molecule has 0 saturated carbocycles. The van der Waals surface area contributed by atoms with Crippen LogP contribution in [0.1, 0.15) is 23.0 Å². The maximum absolute atomic E-state index is 13.0. The normalized spacial score (nSPS) is 10.7. The minimum atomic E-state index is -0.279. The molecule has 25 heavy (non-hydrogen) atoms. The van der Waals surface area contributed by atoms with Gasteiger partial charge in [0.05, 0.1) is 10.6 Å². The second-order valence-electron chi connectivity index (χ2n) is 5.47. The molecule has 4 nitrogen and oxygen atoms in total. The van der Waals surface area contributed by atoms with Gasteiger partial charge in [0.2, 0.25) is 0 Å². The maximum Gasteiger partial charge on any atom is 0.285 e. The first-order valence-electron chi connectivity index (χ1n) is 7.61. The Balaban J connectivity index is 2.23. The summed E-state index contributed by atoms with van der Waals surface area (Å²) in [6, 6.07) is 16.4. The van der Waals surface area contributed by atoms with Crippen molar-refractivity contribution in [2.24, 2.45) is 0 Å². The summed E-state index contributed by atoms with van der Waals surface area (Å²) in [5.74, 6) is -0.191. The van der Waals surface area contributed by atoms with Gasteiger partial charge in [-0.2, -0.15) is 9.78 Å². The number of ketones is 1. The third-order valence-corrected chi connectivity index (χ3v) is 5.06. The molecule has 3 rings (SSSR count). The lowest BCUT2D eigenvalue weighted by Crippen LogP contribution is -2.26. The summed E-state index contributed by atoms with van der Waals surface area (Å²) in [6.45, 7) is 3.19. The summed E-state index contributed by atoms with van der Waals surface area (Å²) in [7, 11) is 0. The molecule has 0 N–H and O–H groups in total. The van der Waals surface area contributed by atoms with Crippen LogP contribution in [0, 0.1) is 6.92 Å². The van der Waals surface area contributed by atoms with Crippen molar-refractivity contribution in [1.82, 2.24) is 9.78 Å². The van der Waals surface area contributed by atoms with Crippen molar-refractivity contribution in [1.29, 1.82) is 0 Å². The highest BCUT2D eigenvalue weighted by Gasteiger charge is 2.19. The number of benzene rings is 2. The van der Waals surface area contributed by atoms with Crippen LogP contribution in [0.3, 0.4) is 0 Å². The van der Waals surface area contributed by atoms with Gasteiger partial charge in [-0.05, 0) is 42.8 Å². The number of halogens is 1. The molecular formula is C19H15ClN2O2S. The number of nitrogens with zero attached hydrogens (tertiary/aromatic N) is 2. The van der Waals surface area contributed by atoms with E-state index in [1.54, 1.807) is 31.2 Å². The highest BCUT2D eigenvalue weighted by molar-refractivity contribution is 7.99. The average Bonchev–Trinajstić information content (AvgIpc) is 2.59. The van der Waals surface area contributed by atoms with Crippen LogP contribution in [-0.2, 0) is 0 Å². The van der Waals surface area contributed by atoms with Gasteiger partial charge >= 0.3 is 0 Å².